The molecule has 1 aromatic rings. The van der Waals surface area contributed by atoms with E-state index in [0.29, 0.717) is 38.2 Å². The molecule has 0 saturated carbocycles. The lowest BCUT2D eigenvalue weighted by Gasteiger charge is -2.27. The minimum atomic E-state index is -0.695. The second-order valence-electron chi connectivity index (χ2n) is 3.81. The largest absolute Gasteiger partial charge is 0.378 e. The molecule has 0 fully saturated rings. The molecule has 0 atom stereocenters. The first kappa shape index (κ1) is 16.1. The molecule has 0 bridgehead atoms. The molecule has 0 aliphatic heterocycles. The van der Waals surface area contributed by atoms with Crippen LogP contribution in [-0.4, -0.2) is 38.2 Å². The summed E-state index contributed by atoms with van der Waals surface area (Å²) in [6.07, 6.45) is 0. The van der Waals surface area contributed by atoms with E-state index < -0.39 is 4.87 Å². The molecule has 0 N–H and O–H groups in total. The highest BCUT2D eigenvalue weighted by molar-refractivity contribution is 6.24. The summed E-state index contributed by atoms with van der Waals surface area (Å²) in [6, 6.07) is 9.74. The quantitative estimate of drug-likeness (QED) is 0.512. The Morgan fingerprint density at radius 1 is 0.889 bits per heavy atom. The second kappa shape index (κ2) is 9.00. The van der Waals surface area contributed by atoms with Crippen molar-refractivity contribution in [3.8, 4) is 0 Å². The standard InChI is InChI=1S/C13H17Cl3O2/c14-6-8-17-10-13(16,11-18-9-7-15)12-4-2-1-3-5-12/h1-5H,6-11H2. The molecule has 0 heterocycles. The van der Waals surface area contributed by atoms with Gasteiger partial charge in [0.1, 0.15) is 4.87 Å². The van der Waals surface area contributed by atoms with Gasteiger partial charge < -0.3 is 9.47 Å². The van der Waals surface area contributed by atoms with E-state index in [4.69, 9.17) is 44.3 Å². The Kier molecular flexibility index (Phi) is 8.03. The van der Waals surface area contributed by atoms with Crippen molar-refractivity contribution in [2.24, 2.45) is 0 Å². The lowest BCUT2D eigenvalue weighted by Crippen LogP contribution is -2.32. The first-order chi connectivity index (χ1) is 8.73. The molecule has 2 nitrogen and oxygen atoms in total. The van der Waals surface area contributed by atoms with E-state index in [9.17, 15) is 0 Å². The van der Waals surface area contributed by atoms with E-state index in [1.54, 1.807) is 0 Å². The molecule has 5 heteroatoms. The molecule has 0 unspecified atom stereocenters. The Hall–Kier alpha value is 0.01000. The zero-order valence-electron chi connectivity index (χ0n) is 10.1. The van der Waals surface area contributed by atoms with E-state index in [0.717, 1.165) is 5.56 Å². The molecule has 102 valence electrons. The summed E-state index contributed by atoms with van der Waals surface area (Å²) in [6.45, 7) is 1.65. The van der Waals surface area contributed by atoms with Gasteiger partial charge >= 0.3 is 0 Å². The first-order valence-electron chi connectivity index (χ1n) is 5.75. The average molecular weight is 312 g/mol. The third kappa shape index (κ3) is 5.33. The predicted octanol–water partition coefficient (Wildman–Crippen LogP) is 3.63. The monoisotopic (exact) mass is 310 g/mol. The van der Waals surface area contributed by atoms with Crippen molar-refractivity contribution in [1.29, 1.82) is 0 Å². The van der Waals surface area contributed by atoms with Gasteiger partial charge in [-0.05, 0) is 5.56 Å². The molecule has 0 saturated heterocycles. The zero-order valence-corrected chi connectivity index (χ0v) is 12.3. The maximum Gasteiger partial charge on any atom is 0.116 e. The van der Waals surface area contributed by atoms with Crippen LogP contribution in [0.4, 0.5) is 0 Å². The Balaban J connectivity index is 2.67. The lowest BCUT2D eigenvalue weighted by atomic mass is 10.00. The molecule has 0 radical (unpaired) electrons. The van der Waals surface area contributed by atoms with Crippen LogP contribution in [0.1, 0.15) is 5.56 Å². The molecule has 0 aliphatic carbocycles. The van der Waals surface area contributed by atoms with Gasteiger partial charge in [-0.15, -0.1) is 34.8 Å². The average Bonchev–Trinajstić information content (AvgIpc) is 2.40. The van der Waals surface area contributed by atoms with Crippen LogP contribution in [0.5, 0.6) is 0 Å². The smallest absolute Gasteiger partial charge is 0.116 e. The topological polar surface area (TPSA) is 18.5 Å². The fourth-order valence-corrected chi connectivity index (χ4v) is 2.02. The number of ether oxygens (including phenoxy) is 2. The van der Waals surface area contributed by atoms with Crippen molar-refractivity contribution in [2.45, 2.75) is 4.87 Å². The van der Waals surface area contributed by atoms with Crippen LogP contribution in [0.3, 0.4) is 0 Å². The molecular formula is C13H17Cl3O2. The van der Waals surface area contributed by atoms with Crippen LogP contribution in [0.2, 0.25) is 0 Å². The van der Waals surface area contributed by atoms with Gasteiger partial charge in [-0.3, -0.25) is 0 Å². The minimum absolute atomic E-state index is 0.355. The highest BCUT2D eigenvalue weighted by Crippen LogP contribution is 2.30. The molecule has 0 aliphatic rings. The van der Waals surface area contributed by atoms with Crippen LogP contribution in [0.25, 0.3) is 0 Å². The van der Waals surface area contributed by atoms with E-state index >= 15 is 0 Å². The van der Waals surface area contributed by atoms with E-state index in [1.807, 2.05) is 30.3 Å². The third-order valence-corrected chi connectivity index (χ3v) is 3.14. The Labute approximate surface area is 123 Å². The number of rotatable bonds is 9. The van der Waals surface area contributed by atoms with Crippen molar-refractivity contribution in [3.63, 3.8) is 0 Å². The molecule has 1 aromatic carbocycles. The van der Waals surface area contributed by atoms with Gasteiger partial charge in [0.2, 0.25) is 0 Å². The van der Waals surface area contributed by atoms with Gasteiger partial charge in [-0.1, -0.05) is 30.3 Å². The van der Waals surface area contributed by atoms with Crippen LogP contribution < -0.4 is 0 Å². The predicted molar refractivity (Wildman–Crippen MR) is 77.1 cm³/mol. The molecule has 0 aromatic heterocycles. The maximum atomic E-state index is 6.60. The van der Waals surface area contributed by atoms with Gasteiger partial charge in [0.25, 0.3) is 0 Å². The Morgan fingerprint density at radius 2 is 1.39 bits per heavy atom. The summed E-state index contributed by atoms with van der Waals surface area (Å²) < 4.78 is 10.9. The summed E-state index contributed by atoms with van der Waals surface area (Å²) in [4.78, 5) is -0.695. The first-order valence-corrected chi connectivity index (χ1v) is 7.19. The summed E-state index contributed by atoms with van der Waals surface area (Å²) in [5.41, 5.74) is 0.968. The Morgan fingerprint density at radius 3 is 1.83 bits per heavy atom. The van der Waals surface area contributed by atoms with Gasteiger partial charge in [0, 0.05) is 11.8 Å². The molecule has 1 rings (SSSR count). The summed E-state index contributed by atoms with van der Waals surface area (Å²) in [7, 11) is 0. The fraction of sp³-hybridized carbons (Fsp3) is 0.538. The summed E-state index contributed by atoms with van der Waals surface area (Å²) in [5, 5.41) is 0. The van der Waals surface area contributed by atoms with Crippen molar-refractivity contribution in [3.05, 3.63) is 35.9 Å². The number of halogens is 3. The third-order valence-electron chi connectivity index (χ3n) is 2.40. The van der Waals surface area contributed by atoms with Crippen molar-refractivity contribution < 1.29 is 9.47 Å². The number of alkyl halides is 3. The summed E-state index contributed by atoms with van der Waals surface area (Å²) >= 11 is 17.8. The van der Waals surface area contributed by atoms with Crippen molar-refractivity contribution >= 4 is 34.8 Å². The normalized spacial score (nSPS) is 11.7. The minimum Gasteiger partial charge on any atom is -0.378 e. The van der Waals surface area contributed by atoms with Crippen LogP contribution in [-0.2, 0) is 14.3 Å². The van der Waals surface area contributed by atoms with Gasteiger partial charge in [0.15, 0.2) is 0 Å². The summed E-state index contributed by atoms with van der Waals surface area (Å²) in [5.74, 6) is 0.897. The Bertz CT molecular complexity index is 309. The van der Waals surface area contributed by atoms with E-state index in [2.05, 4.69) is 0 Å². The van der Waals surface area contributed by atoms with Crippen LogP contribution >= 0.6 is 34.8 Å². The van der Waals surface area contributed by atoms with E-state index in [-0.39, 0.29) is 0 Å². The molecule has 0 spiro atoms. The SMILES string of the molecule is ClCCOCC(Cl)(COCCCl)c1ccccc1. The highest BCUT2D eigenvalue weighted by atomic mass is 35.5. The number of hydrogen-bond donors (Lipinski definition) is 0. The van der Waals surface area contributed by atoms with Crippen molar-refractivity contribution in [2.75, 3.05) is 38.2 Å². The number of benzene rings is 1. The maximum absolute atomic E-state index is 6.60. The zero-order chi connectivity index (χ0) is 13.3. The molecule has 0 amide bonds. The van der Waals surface area contributed by atoms with Gasteiger partial charge in [-0.2, -0.15) is 0 Å². The van der Waals surface area contributed by atoms with Gasteiger partial charge in [-0.25, -0.2) is 0 Å². The second-order valence-corrected chi connectivity index (χ2v) is 5.29. The van der Waals surface area contributed by atoms with Crippen LogP contribution in [0, 0.1) is 0 Å². The van der Waals surface area contributed by atoms with Gasteiger partial charge in [0.05, 0.1) is 26.4 Å². The van der Waals surface area contributed by atoms with Crippen molar-refractivity contribution in [1.82, 2.24) is 0 Å². The lowest BCUT2D eigenvalue weighted by molar-refractivity contribution is 0.0613. The highest BCUT2D eigenvalue weighted by Gasteiger charge is 2.30. The molecular weight excluding hydrogens is 295 g/mol. The number of hydrogen-bond acceptors (Lipinski definition) is 2. The van der Waals surface area contributed by atoms with E-state index in [1.165, 1.54) is 0 Å². The fourth-order valence-electron chi connectivity index (χ4n) is 1.52. The molecule has 18 heavy (non-hydrogen) atoms. The van der Waals surface area contributed by atoms with Crippen LogP contribution in [0.15, 0.2) is 30.3 Å².